The fourth-order valence-corrected chi connectivity index (χ4v) is 2.35. The maximum absolute atomic E-state index is 4.72. The zero-order valence-electron chi connectivity index (χ0n) is 8.45. The molecule has 1 aliphatic rings. The van der Waals surface area contributed by atoms with Crippen LogP contribution < -0.4 is 0 Å². The van der Waals surface area contributed by atoms with E-state index in [1.165, 1.54) is 36.2 Å². The Bertz CT molecular complexity index is 482. The second-order valence-electron chi connectivity index (χ2n) is 4.10. The van der Waals surface area contributed by atoms with Crippen LogP contribution in [-0.4, -0.2) is 9.38 Å². The molecule has 14 heavy (non-hydrogen) atoms. The number of aryl methyl sites for hydroxylation is 3. The summed E-state index contributed by atoms with van der Waals surface area (Å²) < 4.78 is 2.27. The van der Waals surface area contributed by atoms with E-state index in [2.05, 4.69) is 29.7 Å². The highest BCUT2D eigenvalue weighted by Crippen LogP contribution is 2.23. The standard InChI is InChI=1S/C12H14N2/c1-9-5-4-8-14-11-7-3-2-6-10(11)13-12(9)14/h4-5,8H,2-3,6-7H2,1H3. The first-order valence-corrected chi connectivity index (χ1v) is 5.32. The SMILES string of the molecule is Cc1cccn2c3c(nc12)CCCC3. The van der Waals surface area contributed by atoms with Gasteiger partial charge < -0.3 is 4.40 Å². The van der Waals surface area contributed by atoms with Crippen molar-refractivity contribution >= 4 is 5.65 Å². The van der Waals surface area contributed by atoms with Crippen LogP contribution in [0.4, 0.5) is 0 Å². The van der Waals surface area contributed by atoms with Crippen molar-refractivity contribution in [3.63, 3.8) is 0 Å². The average Bonchev–Trinajstić information content (AvgIpc) is 2.59. The van der Waals surface area contributed by atoms with Gasteiger partial charge in [-0.25, -0.2) is 4.98 Å². The number of aromatic nitrogens is 2. The lowest BCUT2D eigenvalue weighted by Gasteiger charge is -2.09. The van der Waals surface area contributed by atoms with E-state index in [-0.39, 0.29) is 0 Å². The molecule has 0 saturated heterocycles. The highest BCUT2D eigenvalue weighted by Gasteiger charge is 2.16. The highest BCUT2D eigenvalue weighted by molar-refractivity contribution is 5.50. The second kappa shape index (κ2) is 2.84. The van der Waals surface area contributed by atoms with E-state index < -0.39 is 0 Å². The lowest BCUT2D eigenvalue weighted by Crippen LogP contribution is -2.03. The zero-order chi connectivity index (χ0) is 9.54. The number of imidazole rings is 1. The Morgan fingerprint density at radius 3 is 3.07 bits per heavy atom. The van der Waals surface area contributed by atoms with E-state index in [4.69, 9.17) is 4.98 Å². The van der Waals surface area contributed by atoms with E-state index in [1.54, 1.807) is 0 Å². The summed E-state index contributed by atoms with van der Waals surface area (Å²) in [7, 11) is 0. The number of hydrogen-bond donors (Lipinski definition) is 0. The Kier molecular flexibility index (Phi) is 1.63. The molecule has 0 unspecified atom stereocenters. The number of hydrogen-bond acceptors (Lipinski definition) is 1. The highest BCUT2D eigenvalue weighted by atomic mass is 15.0. The minimum atomic E-state index is 1.15. The molecule has 0 fully saturated rings. The van der Waals surface area contributed by atoms with Gasteiger partial charge in [-0.15, -0.1) is 0 Å². The summed E-state index contributed by atoms with van der Waals surface area (Å²) >= 11 is 0. The average molecular weight is 186 g/mol. The van der Waals surface area contributed by atoms with E-state index in [0.29, 0.717) is 0 Å². The molecule has 1 aliphatic carbocycles. The van der Waals surface area contributed by atoms with Gasteiger partial charge in [0.05, 0.1) is 5.69 Å². The quantitative estimate of drug-likeness (QED) is 0.618. The van der Waals surface area contributed by atoms with Crippen molar-refractivity contribution in [1.29, 1.82) is 0 Å². The van der Waals surface area contributed by atoms with Crippen LogP contribution >= 0.6 is 0 Å². The molecule has 0 radical (unpaired) electrons. The fourth-order valence-electron chi connectivity index (χ4n) is 2.35. The molecule has 3 rings (SSSR count). The van der Waals surface area contributed by atoms with Gasteiger partial charge in [0.25, 0.3) is 0 Å². The molecule has 2 heteroatoms. The van der Waals surface area contributed by atoms with Crippen LogP contribution in [0.1, 0.15) is 29.8 Å². The van der Waals surface area contributed by atoms with E-state index >= 15 is 0 Å². The zero-order valence-corrected chi connectivity index (χ0v) is 8.45. The van der Waals surface area contributed by atoms with Crippen LogP contribution in [0, 0.1) is 6.92 Å². The predicted octanol–water partition coefficient (Wildman–Crippen LogP) is 2.52. The van der Waals surface area contributed by atoms with Crippen molar-refractivity contribution in [3.8, 4) is 0 Å². The molecule has 0 aliphatic heterocycles. The van der Waals surface area contributed by atoms with Gasteiger partial charge in [0.2, 0.25) is 0 Å². The van der Waals surface area contributed by atoms with E-state index in [0.717, 1.165) is 12.1 Å². The summed E-state index contributed by atoms with van der Waals surface area (Å²) in [4.78, 5) is 4.72. The van der Waals surface area contributed by atoms with Gasteiger partial charge in [0.1, 0.15) is 5.65 Å². The van der Waals surface area contributed by atoms with Crippen molar-refractivity contribution in [2.75, 3.05) is 0 Å². The van der Waals surface area contributed by atoms with Crippen LogP contribution in [0.25, 0.3) is 5.65 Å². The number of nitrogens with zero attached hydrogens (tertiary/aromatic N) is 2. The van der Waals surface area contributed by atoms with Gasteiger partial charge in [-0.05, 0) is 44.2 Å². The minimum absolute atomic E-state index is 1.15. The molecule has 72 valence electrons. The fraction of sp³-hybridized carbons (Fsp3) is 0.417. The summed E-state index contributed by atoms with van der Waals surface area (Å²) in [5, 5.41) is 0. The molecule has 0 bridgehead atoms. The minimum Gasteiger partial charge on any atom is -0.304 e. The molecule has 0 amide bonds. The van der Waals surface area contributed by atoms with Gasteiger partial charge in [-0.3, -0.25) is 0 Å². The van der Waals surface area contributed by atoms with Crippen LogP contribution in [0.3, 0.4) is 0 Å². The third-order valence-electron chi connectivity index (χ3n) is 3.10. The smallest absolute Gasteiger partial charge is 0.140 e. The molecule has 0 saturated carbocycles. The van der Waals surface area contributed by atoms with Gasteiger partial charge >= 0.3 is 0 Å². The van der Waals surface area contributed by atoms with Crippen LogP contribution in [-0.2, 0) is 12.8 Å². The molecular formula is C12H14N2. The van der Waals surface area contributed by atoms with Crippen molar-refractivity contribution < 1.29 is 0 Å². The molecule has 2 aromatic heterocycles. The Morgan fingerprint density at radius 1 is 1.29 bits per heavy atom. The molecular weight excluding hydrogens is 172 g/mol. The van der Waals surface area contributed by atoms with Crippen LogP contribution in [0.15, 0.2) is 18.3 Å². The lowest BCUT2D eigenvalue weighted by molar-refractivity contribution is 0.660. The predicted molar refractivity (Wildman–Crippen MR) is 56.6 cm³/mol. The number of fused-ring (bicyclic) bond motifs is 3. The maximum atomic E-state index is 4.72. The molecule has 2 heterocycles. The number of pyridine rings is 1. The van der Waals surface area contributed by atoms with Gasteiger partial charge in [-0.1, -0.05) is 6.07 Å². The normalized spacial score (nSPS) is 15.8. The third-order valence-corrected chi connectivity index (χ3v) is 3.10. The topological polar surface area (TPSA) is 17.3 Å². The first-order chi connectivity index (χ1) is 6.86. The Hall–Kier alpha value is -1.31. The Morgan fingerprint density at radius 2 is 2.14 bits per heavy atom. The van der Waals surface area contributed by atoms with Gasteiger partial charge in [0, 0.05) is 11.9 Å². The second-order valence-corrected chi connectivity index (χ2v) is 4.10. The maximum Gasteiger partial charge on any atom is 0.140 e. The van der Waals surface area contributed by atoms with Crippen molar-refractivity contribution in [2.45, 2.75) is 32.6 Å². The largest absolute Gasteiger partial charge is 0.304 e. The monoisotopic (exact) mass is 186 g/mol. The van der Waals surface area contributed by atoms with Crippen LogP contribution in [0.5, 0.6) is 0 Å². The third kappa shape index (κ3) is 0.999. The van der Waals surface area contributed by atoms with Gasteiger partial charge in [-0.2, -0.15) is 0 Å². The van der Waals surface area contributed by atoms with Crippen molar-refractivity contribution in [3.05, 3.63) is 35.3 Å². The molecule has 0 spiro atoms. The lowest BCUT2D eigenvalue weighted by atomic mass is 10.0. The molecule has 2 aromatic rings. The summed E-state index contributed by atoms with van der Waals surface area (Å²) in [6.07, 6.45) is 7.11. The van der Waals surface area contributed by atoms with Gasteiger partial charge in [0.15, 0.2) is 0 Å². The first-order valence-electron chi connectivity index (χ1n) is 5.32. The van der Waals surface area contributed by atoms with E-state index in [1.807, 2.05) is 0 Å². The Labute approximate surface area is 83.6 Å². The summed E-state index contributed by atoms with van der Waals surface area (Å²) in [6.45, 7) is 2.13. The van der Waals surface area contributed by atoms with E-state index in [9.17, 15) is 0 Å². The van der Waals surface area contributed by atoms with Crippen molar-refractivity contribution in [2.24, 2.45) is 0 Å². The molecule has 0 aromatic carbocycles. The Balaban J connectivity index is 2.36. The summed E-state index contributed by atoms with van der Waals surface area (Å²) in [5.74, 6) is 0. The first kappa shape index (κ1) is 8.04. The molecule has 0 atom stereocenters. The summed E-state index contributed by atoms with van der Waals surface area (Å²) in [6, 6.07) is 4.24. The van der Waals surface area contributed by atoms with Crippen LogP contribution in [0.2, 0.25) is 0 Å². The summed E-state index contributed by atoms with van der Waals surface area (Å²) in [5.41, 5.74) is 5.20. The molecule has 2 nitrogen and oxygen atoms in total. The number of rotatable bonds is 0. The molecule has 0 N–H and O–H groups in total. The van der Waals surface area contributed by atoms with Crippen molar-refractivity contribution in [1.82, 2.24) is 9.38 Å².